The number of rotatable bonds is 12. The molecular weight excluding hydrogens is 1000 g/mol. The average Bonchev–Trinajstić information content (AvgIpc) is 2.54. The molecule has 0 radical (unpaired) electrons. The number of hydrogen-bond donors (Lipinski definition) is 0. The molecule has 2 aliphatic carbocycles. The van der Waals surface area contributed by atoms with Gasteiger partial charge in [0.25, 0.3) is 0 Å². The van der Waals surface area contributed by atoms with Gasteiger partial charge in [-0.15, -0.1) is 0 Å². The van der Waals surface area contributed by atoms with Crippen molar-refractivity contribution in [2.75, 3.05) is 19.6 Å². The van der Waals surface area contributed by atoms with Crippen molar-refractivity contribution in [2.24, 2.45) is 0 Å². The molecule has 396 valence electrons. The van der Waals surface area contributed by atoms with E-state index in [1.807, 2.05) is 0 Å². The van der Waals surface area contributed by atoms with E-state index in [-0.39, 0.29) is 5.41 Å². The SMILES string of the molecule is Cc1cccc(N(c2ccccc2)c2ccc(N(c3ccc4c(c3)C3(Cc5ccccc5C3)c3cc(N(c5ccc(N(c6ccccc6)c6cccc(C)c6)cc5)c5cccc6ccccc56)ccc3-4)c3cccc4ccccc34)cc2)c1. The van der Waals surface area contributed by atoms with Gasteiger partial charge in [0.1, 0.15) is 0 Å². The lowest BCUT2D eigenvalue weighted by Crippen LogP contribution is -2.26. The second-order valence-electron chi connectivity index (χ2n) is 22.4. The van der Waals surface area contributed by atoms with E-state index in [9.17, 15) is 0 Å². The lowest BCUT2D eigenvalue weighted by atomic mass is 9.75. The van der Waals surface area contributed by atoms with Gasteiger partial charge in [0.05, 0.1) is 11.4 Å². The second kappa shape index (κ2) is 20.6. The minimum atomic E-state index is -0.322. The van der Waals surface area contributed by atoms with Crippen molar-refractivity contribution in [2.45, 2.75) is 32.1 Å². The van der Waals surface area contributed by atoms with Crippen LogP contribution in [-0.2, 0) is 18.3 Å². The number of anilines is 12. The van der Waals surface area contributed by atoms with Crippen molar-refractivity contribution in [1.82, 2.24) is 0 Å². The predicted molar refractivity (Wildman–Crippen MR) is 350 cm³/mol. The Morgan fingerprint density at radius 1 is 0.253 bits per heavy atom. The highest BCUT2D eigenvalue weighted by Crippen LogP contribution is 2.58. The monoisotopic (exact) mass is 1060 g/mol. The Morgan fingerprint density at radius 3 is 0.988 bits per heavy atom. The smallest absolute Gasteiger partial charge is 0.0540 e. The van der Waals surface area contributed by atoms with Gasteiger partial charge in [-0.25, -0.2) is 0 Å². The maximum absolute atomic E-state index is 2.54. The summed E-state index contributed by atoms with van der Waals surface area (Å²) < 4.78 is 0. The normalized spacial score (nSPS) is 12.7. The third-order valence-electron chi connectivity index (χ3n) is 17.2. The maximum Gasteiger partial charge on any atom is 0.0540 e. The maximum atomic E-state index is 2.54. The van der Waals surface area contributed by atoms with Gasteiger partial charge in [0.15, 0.2) is 0 Å². The Labute approximate surface area is 486 Å². The van der Waals surface area contributed by atoms with Gasteiger partial charge in [0.2, 0.25) is 0 Å². The van der Waals surface area contributed by atoms with E-state index in [0.29, 0.717) is 0 Å². The third kappa shape index (κ3) is 8.79. The Hall–Kier alpha value is -10.4. The summed E-state index contributed by atoms with van der Waals surface area (Å²) in [6.45, 7) is 4.32. The molecule has 0 saturated carbocycles. The van der Waals surface area contributed by atoms with Crippen molar-refractivity contribution >= 4 is 89.8 Å². The fourth-order valence-electron chi connectivity index (χ4n) is 13.5. The molecule has 0 heterocycles. The molecule has 0 fully saturated rings. The van der Waals surface area contributed by atoms with Gasteiger partial charge in [-0.1, -0.05) is 170 Å². The lowest BCUT2D eigenvalue weighted by molar-refractivity contribution is 0.564. The molecule has 15 rings (SSSR count). The Bertz CT molecular complexity index is 4250. The molecule has 13 aromatic carbocycles. The largest absolute Gasteiger partial charge is 0.310 e. The van der Waals surface area contributed by atoms with Gasteiger partial charge in [-0.3, -0.25) is 0 Å². The molecule has 0 atom stereocenters. The van der Waals surface area contributed by atoms with Crippen LogP contribution in [0, 0.1) is 13.8 Å². The van der Waals surface area contributed by atoms with Gasteiger partial charge >= 0.3 is 0 Å². The number of benzene rings is 13. The average molecular weight is 1070 g/mol. The minimum absolute atomic E-state index is 0.322. The summed E-state index contributed by atoms with van der Waals surface area (Å²) in [5, 5.41) is 4.81. The first-order chi connectivity index (χ1) is 40.9. The quantitative estimate of drug-likeness (QED) is 0.121. The van der Waals surface area contributed by atoms with Crippen molar-refractivity contribution in [1.29, 1.82) is 0 Å². The van der Waals surface area contributed by atoms with Crippen LogP contribution in [0.25, 0.3) is 32.7 Å². The summed E-state index contributed by atoms with van der Waals surface area (Å²) >= 11 is 0. The van der Waals surface area contributed by atoms with Crippen LogP contribution >= 0.6 is 0 Å². The zero-order valence-electron chi connectivity index (χ0n) is 46.6. The third-order valence-corrected chi connectivity index (χ3v) is 17.2. The molecule has 0 aromatic heterocycles. The zero-order chi connectivity index (χ0) is 55.4. The van der Waals surface area contributed by atoms with Crippen molar-refractivity contribution in [3.05, 3.63) is 337 Å². The summed E-state index contributed by atoms with van der Waals surface area (Å²) in [6.07, 6.45) is 1.81. The standard InChI is InChI=1S/C79H60N4/c1-55-19-15-31-67(49-55)80(61-27-5-3-6-28-61)63-37-41-65(42-38-63)82(77-35-17-25-57-21-11-13-33-71(57)77)69-45-47-73-74-48-46-70(52-76(74)79(75(73)51-69)53-59-23-9-10-24-60(59)54-79)83(78-36-18-26-58-22-12-14-34-72(58)78)66-43-39-64(40-44-66)81(62-29-7-4-8-30-62)68-32-16-20-56(2)50-68/h3-52H,53-54H2,1-2H3. The van der Waals surface area contributed by atoms with Crippen molar-refractivity contribution in [3.8, 4) is 11.1 Å². The fraction of sp³-hybridized carbons (Fsp3) is 0.0633. The lowest BCUT2D eigenvalue weighted by Gasteiger charge is -2.32. The summed E-state index contributed by atoms with van der Waals surface area (Å²) in [7, 11) is 0. The molecule has 4 nitrogen and oxygen atoms in total. The highest BCUT2D eigenvalue weighted by atomic mass is 15.2. The van der Waals surface area contributed by atoms with Gasteiger partial charge in [-0.2, -0.15) is 0 Å². The molecule has 4 heteroatoms. The molecule has 83 heavy (non-hydrogen) atoms. The van der Waals surface area contributed by atoms with Gasteiger partial charge in [0, 0.05) is 73.1 Å². The number of nitrogens with zero attached hydrogens (tertiary/aromatic N) is 4. The fourth-order valence-corrected chi connectivity index (χ4v) is 13.5. The Morgan fingerprint density at radius 2 is 0.566 bits per heavy atom. The zero-order valence-corrected chi connectivity index (χ0v) is 46.6. The summed E-state index contributed by atoms with van der Waals surface area (Å²) in [5.74, 6) is 0. The van der Waals surface area contributed by atoms with Crippen LogP contribution in [-0.4, -0.2) is 0 Å². The topological polar surface area (TPSA) is 13.0 Å². The molecule has 2 aliphatic rings. The van der Waals surface area contributed by atoms with E-state index in [0.717, 1.165) is 81.1 Å². The molecule has 1 spiro atoms. The molecule has 0 N–H and O–H groups in total. The predicted octanol–water partition coefficient (Wildman–Crippen LogP) is 21.6. The van der Waals surface area contributed by atoms with E-state index in [4.69, 9.17) is 0 Å². The minimum Gasteiger partial charge on any atom is -0.310 e. The first-order valence-corrected chi connectivity index (χ1v) is 28.9. The van der Waals surface area contributed by atoms with Gasteiger partial charge in [-0.05, 0) is 215 Å². The first kappa shape index (κ1) is 49.6. The van der Waals surface area contributed by atoms with Gasteiger partial charge < -0.3 is 19.6 Å². The molecule has 0 bridgehead atoms. The summed E-state index contributed by atoms with van der Waals surface area (Å²) in [5.41, 5.74) is 23.7. The number of fused-ring (bicyclic) bond motifs is 8. The molecule has 0 aliphatic heterocycles. The number of hydrogen-bond acceptors (Lipinski definition) is 4. The molecular formula is C79H60N4. The van der Waals surface area contributed by atoms with Crippen LogP contribution in [0.4, 0.5) is 68.2 Å². The molecule has 13 aromatic rings. The van der Waals surface area contributed by atoms with E-state index in [1.165, 1.54) is 66.1 Å². The van der Waals surface area contributed by atoms with Crippen LogP contribution < -0.4 is 19.6 Å². The van der Waals surface area contributed by atoms with E-state index in [2.05, 4.69) is 337 Å². The second-order valence-corrected chi connectivity index (χ2v) is 22.4. The molecule has 0 unspecified atom stereocenters. The summed E-state index contributed by atoms with van der Waals surface area (Å²) in [4.78, 5) is 9.67. The van der Waals surface area contributed by atoms with E-state index >= 15 is 0 Å². The highest BCUT2D eigenvalue weighted by molar-refractivity contribution is 6.02. The van der Waals surface area contributed by atoms with E-state index in [1.54, 1.807) is 0 Å². The van der Waals surface area contributed by atoms with Crippen LogP contribution in [0.5, 0.6) is 0 Å². The molecule has 0 saturated heterocycles. The van der Waals surface area contributed by atoms with Crippen molar-refractivity contribution in [3.63, 3.8) is 0 Å². The van der Waals surface area contributed by atoms with E-state index < -0.39 is 0 Å². The molecule has 0 amide bonds. The van der Waals surface area contributed by atoms with Crippen LogP contribution in [0.15, 0.2) is 303 Å². The first-order valence-electron chi connectivity index (χ1n) is 28.9. The Kier molecular flexibility index (Phi) is 12.3. The summed E-state index contributed by atoms with van der Waals surface area (Å²) in [6, 6.07) is 112. The Balaban J connectivity index is 0.880. The number of para-hydroxylation sites is 2. The highest BCUT2D eigenvalue weighted by Gasteiger charge is 2.48. The van der Waals surface area contributed by atoms with Crippen LogP contribution in [0.1, 0.15) is 33.4 Å². The number of aryl methyl sites for hydroxylation is 2. The van der Waals surface area contributed by atoms with Crippen molar-refractivity contribution < 1.29 is 0 Å². The van der Waals surface area contributed by atoms with Crippen LogP contribution in [0.3, 0.4) is 0 Å². The van der Waals surface area contributed by atoms with Crippen LogP contribution in [0.2, 0.25) is 0 Å².